The summed E-state index contributed by atoms with van der Waals surface area (Å²) in [5.41, 5.74) is 2.52. The lowest BCUT2D eigenvalue weighted by Crippen LogP contribution is -1.81. The van der Waals surface area contributed by atoms with E-state index in [2.05, 4.69) is 72.8 Å². The maximum absolute atomic E-state index is 3.15. The third-order valence-electron chi connectivity index (χ3n) is 3.79. The van der Waals surface area contributed by atoms with Gasteiger partial charge in [-0.25, -0.2) is 0 Å². The molecule has 0 atom stereocenters. The van der Waals surface area contributed by atoms with Gasteiger partial charge in [0.1, 0.15) is 0 Å². The smallest absolute Gasteiger partial charge is 0.00992 e. The van der Waals surface area contributed by atoms with E-state index >= 15 is 0 Å². The van der Waals surface area contributed by atoms with Crippen LogP contribution in [0, 0.1) is 6.07 Å². The Balaban J connectivity index is 2.05. The Kier molecular flexibility index (Phi) is 2.53. The summed E-state index contributed by atoms with van der Waals surface area (Å²) in [6.45, 7) is 0. The zero-order chi connectivity index (χ0) is 13.4. The summed E-state index contributed by atoms with van der Waals surface area (Å²) in [4.78, 5) is 0. The molecule has 0 aliphatic rings. The fourth-order valence-corrected chi connectivity index (χ4v) is 2.75. The molecule has 4 rings (SSSR count). The normalized spacial score (nSPS) is 11.0. The fourth-order valence-electron chi connectivity index (χ4n) is 2.75. The van der Waals surface area contributed by atoms with E-state index in [4.69, 9.17) is 0 Å². The molecular weight excluding hydrogens is 240 g/mol. The van der Waals surface area contributed by atoms with Gasteiger partial charge in [-0.2, -0.15) is 0 Å². The van der Waals surface area contributed by atoms with Crippen LogP contribution >= 0.6 is 0 Å². The lowest BCUT2D eigenvalue weighted by atomic mass is 9.97. The largest absolute Gasteiger partial charge is 0.0622 e. The fraction of sp³-hybridized carbons (Fsp3) is 0. The van der Waals surface area contributed by atoms with E-state index in [1.165, 1.54) is 32.7 Å². The molecule has 0 bridgehead atoms. The molecule has 0 saturated carbocycles. The monoisotopic (exact) mass is 253 g/mol. The van der Waals surface area contributed by atoms with Gasteiger partial charge in [0.2, 0.25) is 0 Å². The molecule has 0 aliphatic heterocycles. The predicted octanol–water partition coefficient (Wildman–Crippen LogP) is 5.46. The number of fused-ring (bicyclic) bond motifs is 3. The van der Waals surface area contributed by atoms with Crippen LogP contribution in [0.15, 0.2) is 78.9 Å². The number of benzene rings is 4. The van der Waals surface area contributed by atoms with Gasteiger partial charge in [0.25, 0.3) is 0 Å². The second kappa shape index (κ2) is 4.50. The first-order valence-corrected chi connectivity index (χ1v) is 6.80. The van der Waals surface area contributed by atoms with Crippen molar-refractivity contribution < 1.29 is 0 Å². The number of hydrogen-bond acceptors (Lipinski definition) is 0. The van der Waals surface area contributed by atoms with Crippen molar-refractivity contribution in [2.24, 2.45) is 0 Å². The van der Waals surface area contributed by atoms with Crippen LogP contribution in [0.1, 0.15) is 0 Å². The zero-order valence-corrected chi connectivity index (χ0v) is 11.0. The first-order chi connectivity index (χ1) is 9.92. The molecule has 0 aliphatic carbocycles. The summed E-state index contributed by atoms with van der Waals surface area (Å²) >= 11 is 0. The average Bonchev–Trinajstić information content (AvgIpc) is 2.55. The lowest BCUT2D eigenvalue weighted by Gasteiger charge is -2.07. The summed E-state index contributed by atoms with van der Waals surface area (Å²) in [7, 11) is 0. The highest BCUT2D eigenvalue weighted by Crippen LogP contribution is 2.29. The molecule has 0 spiro atoms. The number of hydrogen-bond donors (Lipinski definition) is 0. The average molecular weight is 253 g/mol. The maximum Gasteiger partial charge on any atom is -0.00992 e. The van der Waals surface area contributed by atoms with Crippen LogP contribution in [-0.4, -0.2) is 0 Å². The summed E-state index contributed by atoms with van der Waals surface area (Å²) in [6, 6.07) is 30.9. The van der Waals surface area contributed by atoms with Crippen LogP contribution < -0.4 is 0 Å². The molecule has 93 valence electrons. The van der Waals surface area contributed by atoms with Gasteiger partial charge in [0.05, 0.1) is 0 Å². The highest BCUT2D eigenvalue weighted by Gasteiger charge is 2.02. The Morgan fingerprint density at radius 3 is 2.30 bits per heavy atom. The van der Waals surface area contributed by atoms with Gasteiger partial charge in [-0.1, -0.05) is 66.7 Å². The van der Waals surface area contributed by atoms with Gasteiger partial charge in [-0.05, 0) is 50.9 Å². The van der Waals surface area contributed by atoms with Crippen LogP contribution in [0.2, 0.25) is 0 Å². The van der Waals surface area contributed by atoms with Crippen molar-refractivity contribution in [2.75, 3.05) is 0 Å². The topological polar surface area (TPSA) is 0 Å². The Morgan fingerprint density at radius 1 is 0.600 bits per heavy atom. The minimum atomic E-state index is 1.24. The molecule has 20 heavy (non-hydrogen) atoms. The second-order valence-electron chi connectivity index (χ2n) is 5.01. The molecule has 0 N–H and O–H groups in total. The van der Waals surface area contributed by atoms with Crippen molar-refractivity contribution in [1.82, 2.24) is 0 Å². The number of rotatable bonds is 1. The molecule has 0 heteroatoms. The SMILES string of the molecule is [c]1ccc2c(c1)ccc1ccc(-c3ccccc3)cc12. The third kappa shape index (κ3) is 1.78. The minimum absolute atomic E-state index is 1.24. The third-order valence-corrected chi connectivity index (χ3v) is 3.79. The van der Waals surface area contributed by atoms with Gasteiger partial charge in [-0.15, -0.1) is 0 Å². The Morgan fingerprint density at radius 2 is 1.40 bits per heavy atom. The molecule has 0 fully saturated rings. The van der Waals surface area contributed by atoms with E-state index in [0.717, 1.165) is 0 Å². The molecule has 0 nitrogen and oxygen atoms in total. The predicted molar refractivity (Wildman–Crippen MR) is 85.7 cm³/mol. The van der Waals surface area contributed by atoms with Crippen molar-refractivity contribution >= 4 is 21.5 Å². The van der Waals surface area contributed by atoms with Gasteiger partial charge in [-0.3, -0.25) is 0 Å². The molecule has 0 saturated heterocycles. The summed E-state index contributed by atoms with van der Waals surface area (Å²) in [6.07, 6.45) is 0. The van der Waals surface area contributed by atoms with Crippen molar-refractivity contribution in [2.45, 2.75) is 0 Å². The van der Waals surface area contributed by atoms with E-state index in [9.17, 15) is 0 Å². The van der Waals surface area contributed by atoms with Crippen molar-refractivity contribution in [3.63, 3.8) is 0 Å². The van der Waals surface area contributed by atoms with Crippen LogP contribution in [0.5, 0.6) is 0 Å². The van der Waals surface area contributed by atoms with E-state index in [-0.39, 0.29) is 0 Å². The van der Waals surface area contributed by atoms with Crippen molar-refractivity contribution in [3.05, 3.63) is 84.9 Å². The van der Waals surface area contributed by atoms with Gasteiger partial charge in [0, 0.05) is 0 Å². The van der Waals surface area contributed by atoms with Gasteiger partial charge < -0.3 is 0 Å². The molecule has 4 aromatic rings. The van der Waals surface area contributed by atoms with E-state index in [0.29, 0.717) is 0 Å². The zero-order valence-electron chi connectivity index (χ0n) is 11.0. The van der Waals surface area contributed by atoms with Crippen molar-refractivity contribution in [1.29, 1.82) is 0 Å². The molecule has 0 aromatic heterocycles. The van der Waals surface area contributed by atoms with Crippen LogP contribution in [0.3, 0.4) is 0 Å². The van der Waals surface area contributed by atoms with E-state index in [1.807, 2.05) is 12.1 Å². The molecular formula is C20H13. The summed E-state index contributed by atoms with van der Waals surface area (Å²) in [5, 5.41) is 5.12. The van der Waals surface area contributed by atoms with Gasteiger partial charge >= 0.3 is 0 Å². The van der Waals surface area contributed by atoms with Gasteiger partial charge in [0.15, 0.2) is 0 Å². The van der Waals surface area contributed by atoms with Crippen LogP contribution in [0.4, 0.5) is 0 Å². The van der Waals surface area contributed by atoms with Crippen molar-refractivity contribution in [3.8, 4) is 11.1 Å². The maximum atomic E-state index is 3.15. The van der Waals surface area contributed by atoms with Crippen LogP contribution in [0.25, 0.3) is 32.7 Å². The quantitative estimate of drug-likeness (QED) is 0.395. The Bertz CT molecular complexity index is 889. The first-order valence-electron chi connectivity index (χ1n) is 6.80. The molecule has 1 radical (unpaired) electrons. The summed E-state index contributed by atoms with van der Waals surface area (Å²) < 4.78 is 0. The second-order valence-corrected chi connectivity index (χ2v) is 5.01. The highest BCUT2D eigenvalue weighted by molar-refractivity contribution is 6.08. The first kappa shape index (κ1) is 11.2. The molecule has 0 amide bonds. The minimum Gasteiger partial charge on any atom is -0.0622 e. The highest BCUT2D eigenvalue weighted by atomic mass is 14.1. The van der Waals surface area contributed by atoms with E-state index < -0.39 is 0 Å². The summed E-state index contributed by atoms with van der Waals surface area (Å²) in [5.74, 6) is 0. The van der Waals surface area contributed by atoms with E-state index in [1.54, 1.807) is 0 Å². The van der Waals surface area contributed by atoms with Crippen LogP contribution in [-0.2, 0) is 0 Å². The Hall–Kier alpha value is -2.60. The standard InChI is InChI=1S/C20H13/c1-2-6-15(7-3-1)18-13-12-17-11-10-16-8-4-5-9-19(16)20(17)14-18/h1-3,5-14H. The lowest BCUT2D eigenvalue weighted by molar-refractivity contribution is 1.65. The molecule has 4 aromatic carbocycles. The molecule has 0 unspecified atom stereocenters. The molecule has 0 heterocycles. The Labute approximate surface area is 118 Å².